The molecular formula is C15H20ClN5. The number of alkyl halides is 1. The van der Waals surface area contributed by atoms with Gasteiger partial charge in [-0.25, -0.2) is 0 Å². The Morgan fingerprint density at radius 3 is 2.90 bits per heavy atom. The van der Waals surface area contributed by atoms with Crippen LogP contribution in [0.4, 0.5) is 5.95 Å². The minimum atomic E-state index is -0.111. The van der Waals surface area contributed by atoms with Gasteiger partial charge in [-0.15, -0.1) is 11.6 Å². The van der Waals surface area contributed by atoms with Crippen LogP contribution in [0.2, 0.25) is 0 Å². The fraction of sp³-hybridized carbons (Fsp3) is 0.533. The van der Waals surface area contributed by atoms with Gasteiger partial charge in [0.25, 0.3) is 0 Å². The van der Waals surface area contributed by atoms with Crippen LogP contribution in [0.25, 0.3) is 5.69 Å². The molecule has 1 aromatic carbocycles. The zero-order valence-electron chi connectivity index (χ0n) is 12.2. The van der Waals surface area contributed by atoms with Gasteiger partial charge in [0.1, 0.15) is 0 Å². The lowest BCUT2D eigenvalue weighted by Crippen LogP contribution is -2.45. The fourth-order valence-corrected chi connectivity index (χ4v) is 3.48. The molecule has 0 amide bonds. The van der Waals surface area contributed by atoms with Crippen molar-refractivity contribution in [2.45, 2.75) is 38.1 Å². The highest BCUT2D eigenvalue weighted by Crippen LogP contribution is 2.35. The molecular weight excluding hydrogens is 286 g/mol. The van der Waals surface area contributed by atoms with E-state index in [1.54, 1.807) is 4.68 Å². The first kappa shape index (κ1) is 14.3. The number of nitrogens with one attached hydrogen (secondary N) is 1. The summed E-state index contributed by atoms with van der Waals surface area (Å²) in [6.45, 7) is 2.28. The van der Waals surface area contributed by atoms with Crippen molar-refractivity contribution >= 4 is 17.5 Å². The summed E-state index contributed by atoms with van der Waals surface area (Å²) in [4.78, 5) is 0. The van der Waals surface area contributed by atoms with E-state index in [0.717, 1.165) is 18.5 Å². The Hall–Kier alpha value is -1.62. The van der Waals surface area contributed by atoms with Gasteiger partial charge >= 0.3 is 0 Å². The Bertz CT molecular complexity index is 585. The molecule has 6 heteroatoms. The van der Waals surface area contributed by atoms with E-state index in [2.05, 4.69) is 27.8 Å². The van der Waals surface area contributed by atoms with Crippen LogP contribution in [0.15, 0.2) is 30.3 Å². The van der Waals surface area contributed by atoms with Gasteiger partial charge in [0, 0.05) is 5.88 Å². The largest absolute Gasteiger partial charge is 0.346 e. The lowest BCUT2D eigenvalue weighted by Gasteiger charge is -2.39. The number of benzene rings is 1. The maximum atomic E-state index is 6.28. The van der Waals surface area contributed by atoms with Crippen LogP contribution in [-0.2, 0) is 0 Å². The monoisotopic (exact) mass is 305 g/mol. The van der Waals surface area contributed by atoms with Crippen LogP contribution in [0.3, 0.4) is 0 Å². The number of hydrogen-bond donors (Lipinski definition) is 1. The maximum absolute atomic E-state index is 6.28. The SMILES string of the molecule is CC1CCCC(CCl)(Nc2nnnn2-c2ccccc2)C1. The molecule has 1 aliphatic carbocycles. The summed E-state index contributed by atoms with van der Waals surface area (Å²) in [6.07, 6.45) is 4.57. The summed E-state index contributed by atoms with van der Waals surface area (Å²) < 4.78 is 1.73. The zero-order valence-corrected chi connectivity index (χ0v) is 12.9. The third kappa shape index (κ3) is 3.02. The highest BCUT2D eigenvalue weighted by molar-refractivity contribution is 6.18. The Morgan fingerprint density at radius 1 is 1.38 bits per heavy atom. The number of halogens is 1. The quantitative estimate of drug-likeness (QED) is 0.881. The van der Waals surface area contributed by atoms with Crippen LogP contribution in [0.1, 0.15) is 32.6 Å². The number of aromatic nitrogens is 4. The molecule has 1 saturated carbocycles. The van der Waals surface area contributed by atoms with Crippen molar-refractivity contribution in [2.24, 2.45) is 5.92 Å². The van der Waals surface area contributed by atoms with Gasteiger partial charge < -0.3 is 5.32 Å². The van der Waals surface area contributed by atoms with Crippen molar-refractivity contribution in [1.82, 2.24) is 20.2 Å². The van der Waals surface area contributed by atoms with E-state index in [0.29, 0.717) is 17.7 Å². The molecule has 0 saturated heterocycles. The van der Waals surface area contributed by atoms with Crippen molar-refractivity contribution in [3.05, 3.63) is 30.3 Å². The first-order valence-corrected chi connectivity index (χ1v) is 7.94. The van der Waals surface area contributed by atoms with E-state index in [-0.39, 0.29) is 5.54 Å². The fourth-order valence-electron chi connectivity index (χ4n) is 3.17. The molecule has 2 unspecified atom stereocenters. The van der Waals surface area contributed by atoms with Crippen LogP contribution in [0.5, 0.6) is 0 Å². The molecule has 5 nitrogen and oxygen atoms in total. The lowest BCUT2D eigenvalue weighted by atomic mass is 9.77. The van der Waals surface area contributed by atoms with Gasteiger partial charge in [0.05, 0.1) is 11.2 Å². The molecule has 21 heavy (non-hydrogen) atoms. The molecule has 0 radical (unpaired) electrons. The molecule has 0 aliphatic heterocycles. The second-order valence-corrected chi connectivity index (χ2v) is 6.26. The molecule has 1 fully saturated rings. The normalized spacial score (nSPS) is 25.7. The Labute approximate surface area is 129 Å². The van der Waals surface area contributed by atoms with Crippen LogP contribution >= 0.6 is 11.6 Å². The van der Waals surface area contributed by atoms with Gasteiger partial charge in [-0.2, -0.15) is 4.68 Å². The summed E-state index contributed by atoms with van der Waals surface area (Å²) in [5.41, 5.74) is 0.832. The molecule has 1 heterocycles. The zero-order chi connectivity index (χ0) is 14.7. The molecule has 3 rings (SSSR count). The third-order valence-corrected chi connectivity index (χ3v) is 4.71. The Morgan fingerprint density at radius 2 is 2.19 bits per heavy atom. The van der Waals surface area contributed by atoms with Gasteiger partial charge in [-0.1, -0.05) is 43.1 Å². The van der Waals surface area contributed by atoms with E-state index in [1.807, 2.05) is 30.3 Å². The van der Waals surface area contributed by atoms with Crippen molar-refractivity contribution in [3.63, 3.8) is 0 Å². The van der Waals surface area contributed by atoms with Crippen molar-refractivity contribution in [1.29, 1.82) is 0 Å². The van der Waals surface area contributed by atoms with Gasteiger partial charge in [-0.3, -0.25) is 0 Å². The smallest absolute Gasteiger partial charge is 0.248 e. The van der Waals surface area contributed by atoms with Crippen molar-refractivity contribution in [3.8, 4) is 5.69 Å². The van der Waals surface area contributed by atoms with Crippen LogP contribution in [-0.4, -0.2) is 31.6 Å². The minimum Gasteiger partial charge on any atom is -0.346 e. The van der Waals surface area contributed by atoms with E-state index in [4.69, 9.17) is 11.6 Å². The molecule has 1 aromatic heterocycles. The number of para-hydroxylation sites is 1. The highest BCUT2D eigenvalue weighted by atomic mass is 35.5. The molecule has 2 atom stereocenters. The van der Waals surface area contributed by atoms with E-state index >= 15 is 0 Å². The minimum absolute atomic E-state index is 0.111. The number of rotatable bonds is 4. The standard InChI is InChI=1S/C15H20ClN5/c1-12-6-5-9-15(10-12,11-16)17-14-18-19-20-21(14)13-7-3-2-4-8-13/h2-4,7-8,12H,5-6,9-11H2,1H3,(H,17,18,20). The summed E-state index contributed by atoms with van der Waals surface area (Å²) in [5.74, 6) is 1.90. The van der Waals surface area contributed by atoms with E-state index in [1.165, 1.54) is 12.8 Å². The number of nitrogens with zero attached hydrogens (tertiary/aromatic N) is 4. The molecule has 112 valence electrons. The molecule has 1 aliphatic rings. The predicted octanol–water partition coefficient (Wildman–Crippen LogP) is 3.26. The highest BCUT2D eigenvalue weighted by Gasteiger charge is 2.35. The number of tetrazole rings is 1. The van der Waals surface area contributed by atoms with E-state index in [9.17, 15) is 0 Å². The second-order valence-electron chi connectivity index (χ2n) is 5.99. The number of hydrogen-bond acceptors (Lipinski definition) is 4. The molecule has 0 bridgehead atoms. The molecule has 2 aromatic rings. The van der Waals surface area contributed by atoms with Crippen LogP contribution < -0.4 is 5.32 Å². The summed E-state index contributed by atoms with van der Waals surface area (Å²) >= 11 is 6.28. The van der Waals surface area contributed by atoms with Crippen LogP contribution in [0, 0.1) is 5.92 Å². The maximum Gasteiger partial charge on any atom is 0.248 e. The van der Waals surface area contributed by atoms with E-state index < -0.39 is 0 Å². The van der Waals surface area contributed by atoms with Crippen molar-refractivity contribution < 1.29 is 0 Å². The first-order valence-electron chi connectivity index (χ1n) is 7.40. The third-order valence-electron chi connectivity index (χ3n) is 4.19. The summed E-state index contributed by atoms with van der Waals surface area (Å²) in [7, 11) is 0. The second kappa shape index (κ2) is 6.02. The molecule has 0 spiro atoms. The Balaban J connectivity index is 1.86. The number of anilines is 1. The summed E-state index contributed by atoms with van der Waals surface area (Å²) in [5, 5.41) is 15.5. The van der Waals surface area contributed by atoms with Gasteiger partial charge in [0.2, 0.25) is 5.95 Å². The predicted molar refractivity (Wildman–Crippen MR) is 83.9 cm³/mol. The summed E-state index contributed by atoms with van der Waals surface area (Å²) in [6, 6.07) is 9.89. The van der Waals surface area contributed by atoms with Gasteiger partial charge in [0.15, 0.2) is 0 Å². The molecule has 1 N–H and O–H groups in total. The first-order chi connectivity index (χ1) is 10.2. The average Bonchev–Trinajstić information content (AvgIpc) is 2.96. The van der Waals surface area contributed by atoms with Gasteiger partial charge in [-0.05, 0) is 41.3 Å². The topological polar surface area (TPSA) is 55.6 Å². The average molecular weight is 306 g/mol. The lowest BCUT2D eigenvalue weighted by molar-refractivity contribution is 0.278. The Kier molecular flexibility index (Phi) is 4.10. The van der Waals surface area contributed by atoms with Crippen molar-refractivity contribution in [2.75, 3.05) is 11.2 Å².